The van der Waals surface area contributed by atoms with E-state index >= 15 is 0 Å². The van der Waals surface area contributed by atoms with E-state index in [1.165, 1.54) is 6.07 Å². The summed E-state index contributed by atoms with van der Waals surface area (Å²) in [5, 5.41) is 6.63. The molecule has 0 amide bonds. The molecule has 0 aromatic heterocycles. The highest BCUT2D eigenvalue weighted by atomic mass is 19.1. The van der Waals surface area contributed by atoms with E-state index in [0.29, 0.717) is 18.1 Å². The van der Waals surface area contributed by atoms with E-state index in [1.54, 1.807) is 19.2 Å². The van der Waals surface area contributed by atoms with E-state index in [1.807, 2.05) is 24.3 Å². The van der Waals surface area contributed by atoms with Crippen LogP contribution >= 0.6 is 0 Å². The second kappa shape index (κ2) is 7.13. The van der Waals surface area contributed by atoms with E-state index in [0.717, 1.165) is 17.7 Å². The Labute approximate surface area is 148 Å². The van der Waals surface area contributed by atoms with Crippen molar-refractivity contribution in [3.63, 3.8) is 0 Å². The van der Waals surface area contributed by atoms with Crippen molar-refractivity contribution in [2.24, 2.45) is 4.99 Å². The van der Waals surface area contributed by atoms with Crippen LogP contribution in [0.2, 0.25) is 0 Å². The molecule has 1 unspecified atom stereocenters. The lowest BCUT2D eigenvalue weighted by Crippen LogP contribution is -2.45. The molecule has 1 aliphatic heterocycles. The Bertz CT molecular complexity index is 773. The van der Waals surface area contributed by atoms with Crippen molar-refractivity contribution in [2.75, 3.05) is 7.05 Å². The van der Waals surface area contributed by atoms with Crippen LogP contribution < -0.4 is 15.4 Å². The number of ether oxygens (including phenoxy) is 1. The summed E-state index contributed by atoms with van der Waals surface area (Å²) in [5.41, 5.74) is 1.45. The van der Waals surface area contributed by atoms with Crippen LogP contribution in [-0.2, 0) is 6.54 Å². The number of aliphatic imine (C=N–C) groups is 1. The van der Waals surface area contributed by atoms with Gasteiger partial charge in [-0.25, -0.2) is 4.39 Å². The Balaban J connectivity index is 1.72. The minimum absolute atomic E-state index is 0.0757. The molecule has 2 aromatic rings. The molecule has 0 saturated heterocycles. The van der Waals surface area contributed by atoms with Crippen molar-refractivity contribution in [3.05, 3.63) is 65.5 Å². The summed E-state index contributed by atoms with van der Waals surface area (Å²) in [7, 11) is 1.72. The van der Waals surface area contributed by atoms with Crippen LogP contribution in [0.15, 0.2) is 53.5 Å². The first kappa shape index (κ1) is 17.3. The van der Waals surface area contributed by atoms with E-state index in [4.69, 9.17) is 4.74 Å². The highest BCUT2D eigenvalue weighted by Gasteiger charge is 2.33. The molecule has 1 atom stereocenters. The smallest absolute Gasteiger partial charge is 0.191 e. The number of hydrogen-bond acceptors (Lipinski definition) is 2. The third kappa shape index (κ3) is 4.10. The van der Waals surface area contributed by atoms with Crippen molar-refractivity contribution in [1.29, 1.82) is 0 Å². The Morgan fingerprint density at radius 2 is 1.92 bits per heavy atom. The van der Waals surface area contributed by atoms with Crippen LogP contribution in [0.25, 0.3) is 0 Å². The maximum absolute atomic E-state index is 13.8. The molecule has 3 rings (SSSR count). The van der Waals surface area contributed by atoms with Crippen molar-refractivity contribution in [2.45, 2.75) is 38.5 Å². The molecular formula is C20H24FN3O. The van der Waals surface area contributed by atoms with Gasteiger partial charge in [-0.05, 0) is 26.0 Å². The second-order valence-corrected chi connectivity index (χ2v) is 6.82. The molecule has 4 nitrogen and oxygen atoms in total. The first-order valence-corrected chi connectivity index (χ1v) is 8.47. The zero-order valence-electron chi connectivity index (χ0n) is 14.8. The molecule has 1 aliphatic rings. The quantitative estimate of drug-likeness (QED) is 0.659. The zero-order valence-corrected chi connectivity index (χ0v) is 14.8. The fraction of sp³-hybridized carbons (Fsp3) is 0.350. The predicted molar refractivity (Wildman–Crippen MR) is 98.2 cm³/mol. The number of nitrogens with zero attached hydrogens (tertiary/aromatic N) is 1. The van der Waals surface area contributed by atoms with Crippen LogP contribution in [0.3, 0.4) is 0 Å². The molecule has 1 heterocycles. The predicted octanol–water partition coefficient (Wildman–Crippen LogP) is 3.79. The standard InChI is InChI=1S/C20H24FN3O/c1-20(2)12-17(15-9-5-7-11-18(15)25-20)24-19(22-3)23-13-14-8-4-6-10-16(14)21/h4-11,17H,12-13H2,1-3H3,(H2,22,23,24). The summed E-state index contributed by atoms with van der Waals surface area (Å²) in [6, 6.07) is 14.8. The molecule has 0 fully saturated rings. The zero-order chi connectivity index (χ0) is 17.9. The fourth-order valence-corrected chi connectivity index (χ4v) is 3.11. The maximum Gasteiger partial charge on any atom is 0.191 e. The molecule has 25 heavy (non-hydrogen) atoms. The van der Waals surface area contributed by atoms with Gasteiger partial charge in [-0.15, -0.1) is 0 Å². The largest absolute Gasteiger partial charge is 0.487 e. The van der Waals surface area contributed by atoms with Gasteiger partial charge in [-0.1, -0.05) is 36.4 Å². The first-order valence-electron chi connectivity index (χ1n) is 8.47. The molecule has 132 valence electrons. The molecular weight excluding hydrogens is 317 g/mol. The van der Waals surface area contributed by atoms with Crippen LogP contribution in [-0.4, -0.2) is 18.6 Å². The lowest BCUT2D eigenvalue weighted by molar-refractivity contribution is 0.0694. The SMILES string of the molecule is CN=C(NCc1ccccc1F)NC1CC(C)(C)Oc2ccccc21. The van der Waals surface area contributed by atoms with Crippen LogP contribution in [0.5, 0.6) is 5.75 Å². The van der Waals surface area contributed by atoms with Gasteiger partial charge in [0.2, 0.25) is 0 Å². The Morgan fingerprint density at radius 3 is 2.68 bits per heavy atom. The summed E-state index contributed by atoms with van der Waals surface area (Å²) in [6.45, 7) is 4.53. The number of hydrogen-bond donors (Lipinski definition) is 2. The van der Waals surface area contributed by atoms with Gasteiger partial charge >= 0.3 is 0 Å². The van der Waals surface area contributed by atoms with E-state index in [2.05, 4.69) is 35.5 Å². The summed E-state index contributed by atoms with van der Waals surface area (Å²) >= 11 is 0. The third-order valence-electron chi connectivity index (χ3n) is 4.32. The van der Waals surface area contributed by atoms with E-state index in [9.17, 15) is 4.39 Å². The van der Waals surface area contributed by atoms with Crippen molar-refractivity contribution >= 4 is 5.96 Å². The normalized spacial score (nSPS) is 18.9. The molecule has 0 saturated carbocycles. The summed E-state index contributed by atoms with van der Waals surface area (Å²) in [4.78, 5) is 4.28. The number of guanidine groups is 1. The average molecular weight is 341 g/mol. The molecule has 0 bridgehead atoms. The van der Waals surface area contributed by atoms with Gasteiger partial charge in [0, 0.05) is 31.1 Å². The van der Waals surface area contributed by atoms with Crippen molar-refractivity contribution < 1.29 is 9.13 Å². The van der Waals surface area contributed by atoms with Crippen LogP contribution in [0.1, 0.15) is 37.4 Å². The summed E-state index contributed by atoms with van der Waals surface area (Å²) in [5.74, 6) is 1.31. The second-order valence-electron chi connectivity index (χ2n) is 6.82. The monoisotopic (exact) mass is 341 g/mol. The molecule has 2 N–H and O–H groups in total. The molecule has 0 aliphatic carbocycles. The highest BCUT2D eigenvalue weighted by Crippen LogP contribution is 2.39. The lowest BCUT2D eigenvalue weighted by Gasteiger charge is -2.38. The van der Waals surface area contributed by atoms with Crippen LogP contribution in [0, 0.1) is 5.82 Å². The lowest BCUT2D eigenvalue weighted by atomic mass is 9.90. The Morgan fingerprint density at radius 1 is 1.20 bits per heavy atom. The molecule has 2 aromatic carbocycles. The number of rotatable bonds is 3. The maximum atomic E-state index is 13.8. The number of para-hydroxylation sites is 1. The van der Waals surface area contributed by atoms with Gasteiger partial charge in [0.15, 0.2) is 5.96 Å². The van der Waals surface area contributed by atoms with Gasteiger partial charge in [0.25, 0.3) is 0 Å². The third-order valence-corrected chi connectivity index (χ3v) is 4.32. The Hall–Kier alpha value is -2.56. The number of halogens is 1. The van der Waals surface area contributed by atoms with Crippen molar-refractivity contribution in [1.82, 2.24) is 10.6 Å². The number of benzene rings is 2. The molecule has 0 radical (unpaired) electrons. The minimum atomic E-state index is -0.267. The summed E-state index contributed by atoms with van der Waals surface area (Å²) in [6.07, 6.45) is 0.810. The average Bonchev–Trinajstić information content (AvgIpc) is 2.58. The minimum Gasteiger partial charge on any atom is -0.487 e. The summed E-state index contributed by atoms with van der Waals surface area (Å²) < 4.78 is 19.8. The van der Waals surface area contributed by atoms with E-state index < -0.39 is 0 Å². The number of nitrogens with one attached hydrogen (secondary N) is 2. The van der Waals surface area contributed by atoms with Gasteiger partial charge in [0.05, 0.1) is 6.04 Å². The fourth-order valence-electron chi connectivity index (χ4n) is 3.11. The van der Waals surface area contributed by atoms with E-state index in [-0.39, 0.29) is 17.5 Å². The van der Waals surface area contributed by atoms with Crippen molar-refractivity contribution in [3.8, 4) is 5.75 Å². The topological polar surface area (TPSA) is 45.7 Å². The van der Waals surface area contributed by atoms with Gasteiger partial charge < -0.3 is 15.4 Å². The van der Waals surface area contributed by atoms with Gasteiger partial charge in [0.1, 0.15) is 17.2 Å². The molecule has 5 heteroatoms. The Kier molecular flexibility index (Phi) is 4.93. The highest BCUT2D eigenvalue weighted by molar-refractivity contribution is 5.80. The number of fused-ring (bicyclic) bond motifs is 1. The molecule has 0 spiro atoms. The van der Waals surface area contributed by atoms with Gasteiger partial charge in [-0.3, -0.25) is 4.99 Å². The van der Waals surface area contributed by atoms with Gasteiger partial charge in [-0.2, -0.15) is 0 Å². The van der Waals surface area contributed by atoms with Crippen LogP contribution in [0.4, 0.5) is 4.39 Å². The first-order chi connectivity index (χ1) is 12.0.